The number of benzene rings is 3. The van der Waals surface area contributed by atoms with Crippen LogP contribution in [0.15, 0.2) is 72.8 Å². The van der Waals surface area contributed by atoms with Crippen LogP contribution in [-0.4, -0.2) is 40.4 Å². The smallest absolute Gasteiger partial charge is 0.305 e. The normalized spacial score (nSPS) is 14.7. The number of anilines is 1. The number of hydrogen-bond donors (Lipinski definition) is 3. The lowest BCUT2D eigenvalue weighted by atomic mass is 10.1. The van der Waals surface area contributed by atoms with Gasteiger partial charge in [0, 0.05) is 30.9 Å². The molecule has 1 heterocycles. The minimum absolute atomic E-state index is 0.281. The van der Waals surface area contributed by atoms with Crippen molar-refractivity contribution in [3.05, 3.63) is 101 Å². The third-order valence-corrected chi connectivity index (χ3v) is 6.10. The van der Waals surface area contributed by atoms with Crippen LogP contribution in [0.1, 0.15) is 39.0 Å². The van der Waals surface area contributed by atoms with Crippen LogP contribution in [0.25, 0.3) is 0 Å². The second kappa shape index (κ2) is 11.2. The lowest BCUT2D eigenvalue weighted by Gasteiger charge is -2.24. The highest BCUT2D eigenvalue weighted by molar-refractivity contribution is 5.96. The molecular formula is C28H26N4O4. The van der Waals surface area contributed by atoms with Crippen molar-refractivity contribution in [2.75, 3.05) is 11.9 Å². The summed E-state index contributed by atoms with van der Waals surface area (Å²) in [5.74, 6) is -1.66. The third kappa shape index (κ3) is 6.07. The van der Waals surface area contributed by atoms with Crippen LogP contribution in [0, 0.1) is 11.3 Å². The average Bonchev–Trinajstić information content (AvgIpc) is 3.02. The van der Waals surface area contributed by atoms with E-state index in [9.17, 15) is 19.5 Å². The molecule has 0 spiro atoms. The minimum atomic E-state index is -1.08. The Morgan fingerprint density at radius 2 is 1.81 bits per heavy atom. The van der Waals surface area contributed by atoms with E-state index in [1.165, 1.54) is 0 Å². The molecule has 8 nitrogen and oxygen atoms in total. The van der Waals surface area contributed by atoms with Gasteiger partial charge in [-0.2, -0.15) is 5.26 Å². The summed E-state index contributed by atoms with van der Waals surface area (Å²) in [6, 6.07) is 23.0. The van der Waals surface area contributed by atoms with Crippen molar-refractivity contribution in [3.8, 4) is 6.07 Å². The predicted octanol–water partition coefficient (Wildman–Crippen LogP) is 3.33. The zero-order valence-electron chi connectivity index (χ0n) is 19.6. The number of nitrogens with one attached hydrogen (secondary N) is 2. The molecule has 182 valence electrons. The van der Waals surface area contributed by atoms with E-state index in [0.29, 0.717) is 42.9 Å². The van der Waals surface area contributed by atoms with Gasteiger partial charge in [-0.05, 0) is 47.4 Å². The summed E-state index contributed by atoms with van der Waals surface area (Å²) in [6.07, 6.45) is 0.284. The van der Waals surface area contributed by atoms with Gasteiger partial charge >= 0.3 is 5.97 Å². The fourth-order valence-corrected chi connectivity index (χ4v) is 4.14. The molecule has 3 aromatic rings. The molecule has 0 saturated carbocycles. The molecule has 3 aromatic carbocycles. The first kappa shape index (κ1) is 24.5. The van der Waals surface area contributed by atoms with Crippen LogP contribution < -0.4 is 10.6 Å². The van der Waals surface area contributed by atoms with Gasteiger partial charge in [-0.1, -0.05) is 48.5 Å². The van der Waals surface area contributed by atoms with E-state index in [1.807, 2.05) is 30.3 Å². The fraction of sp³-hybridized carbons (Fsp3) is 0.214. The Bertz CT molecular complexity index is 1300. The van der Waals surface area contributed by atoms with Crippen LogP contribution in [0.4, 0.5) is 5.69 Å². The number of aliphatic carboxylic acids is 1. The quantitative estimate of drug-likeness (QED) is 0.453. The van der Waals surface area contributed by atoms with Gasteiger partial charge < -0.3 is 20.6 Å². The number of amides is 2. The number of carbonyl (C=O) groups is 3. The second-order valence-corrected chi connectivity index (χ2v) is 8.65. The minimum Gasteiger partial charge on any atom is -0.481 e. The Morgan fingerprint density at radius 3 is 2.50 bits per heavy atom. The van der Waals surface area contributed by atoms with Crippen molar-refractivity contribution in [2.24, 2.45) is 0 Å². The second-order valence-electron chi connectivity index (χ2n) is 8.65. The van der Waals surface area contributed by atoms with Crippen molar-refractivity contribution >= 4 is 23.5 Å². The zero-order chi connectivity index (χ0) is 25.5. The Kier molecular flexibility index (Phi) is 7.61. The highest BCUT2D eigenvalue weighted by Gasteiger charge is 2.31. The van der Waals surface area contributed by atoms with Crippen LogP contribution in [0.3, 0.4) is 0 Å². The average molecular weight is 483 g/mol. The molecule has 0 radical (unpaired) electrons. The molecule has 0 bridgehead atoms. The van der Waals surface area contributed by atoms with Crippen LogP contribution in [-0.2, 0) is 29.1 Å². The third-order valence-electron chi connectivity index (χ3n) is 6.10. The molecule has 0 aromatic heterocycles. The topological polar surface area (TPSA) is 123 Å². The van der Waals surface area contributed by atoms with E-state index in [0.717, 1.165) is 16.7 Å². The number of carboxylic acids is 1. The standard InChI is InChI=1S/C28H26N4O4/c29-16-20-6-8-21(9-7-20)17-30-27(35)22-10-11-23-18-32(13-12-19-4-2-1-3-5-19)28(36)25(15-26(33)34)31-24(23)14-22/h1-11,14,25,31H,12-13,15,17-18H2,(H,30,35)(H,33,34)/t25-/m1/s1. The van der Waals surface area contributed by atoms with Crippen molar-refractivity contribution in [1.82, 2.24) is 10.2 Å². The molecule has 0 aliphatic carbocycles. The number of carboxylic acid groups (broad SMARTS) is 1. The summed E-state index contributed by atoms with van der Waals surface area (Å²) in [4.78, 5) is 39.1. The number of rotatable bonds is 8. The summed E-state index contributed by atoms with van der Waals surface area (Å²) in [7, 11) is 0. The maximum atomic E-state index is 13.2. The first-order valence-corrected chi connectivity index (χ1v) is 11.6. The van der Waals surface area contributed by atoms with E-state index in [1.54, 1.807) is 47.4 Å². The molecule has 0 unspecified atom stereocenters. The van der Waals surface area contributed by atoms with Gasteiger partial charge in [0.05, 0.1) is 18.1 Å². The molecular weight excluding hydrogens is 456 g/mol. The molecule has 8 heteroatoms. The lowest BCUT2D eigenvalue weighted by molar-refractivity contribution is -0.141. The SMILES string of the molecule is N#Cc1ccc(CNC(=O)c2ccc3c(c2)N[C@H](CC(=O)O)C(=O)N(CCc2ccccc2)C3)cc1. The Hall–Kier alpha value is -4.64. The Labute approximate surface area is 209 Å². The summed E-state index contributed by atoms with van der Waals surface area (Å²) in [6.45, 7) is 1.06. The molecule has 4 rings (SSSR count). The number of carbonyl (C=O) groups excluding carboxylic acids is 2. The predicted molar refractivity (Wildman–Crippen MR) is 134 cm³/mol. The molecule has 2 amide bonds. The highest BCUT2D eigenvalue weighted by atomic mass is 16.4. The molecule has 1 aliphatic heterocycles. The number of nitrogens with zero attached hydrogens (tertiary/aromatic N) is 2. The van der Waals surface area contributed by atoms with Gasteiger partial charge in [0.15, 0.2) is 0 Å². The van der Waals surface area contributed by atoms with E-state index < -0.39 is 12.0 Å². The molecule has 1 atom stereocenters. The monoisotopic (exact) mass is 482 g/mol. The highest BCUT2D eigenvalue weighted by Crippen LogP contribution is 2.26. The number of fused-ring (bicyclic) bond motifs is 1. The van der Waals surface area contributed by atoms with Gasteiger partial charge in [0.1, 0.15) is 6.04 Å². The van der Waals surface area contributed by atoms with E-state index in [4.69, 9.17) is 5.26 Å². The van der Waals surface area contributed by atoms with E-state index in [-0.39, 0.29) is 18.2 Å². The summed E-state index contributed by atoms with van der Waals surface area (Å²) >= 11 is 0. The van der Waals surface area contributed by atoms with Gasteiger partial charge in [-0.3, -0.25) is 14.4 Å². The Morgan fingerprint density at radius 1 is 1.06 bits per heavy atom. The largest absolute Gasteiger partial charge is 0.481 e. The zero-order valence-corrected chi connectivity index (χ0v) is 19.6. The van der Waals surface area contributed by atoms with Gasteiger partial charge in [-0.15, -0.1) is 0 Å². The molecule has 1 aliphatic rings. The van der Waals surface area contributed by atoms with Crippen molar-refractivity contribution in [1.29, 1.82) is 5.26 Å². The van der Waals surface area contributed by atoms with Gasteiger partial charge in [0.2, 0.25) is 5.91 Å². The summed E-state index contributed by atoms with van der Waals surface area (Å²) < 4.78 is 0. The maximum Gasteiger partial charge on any atom is 0.305 e. The van der Waals surface area contributed by atoms with Crippen molar-refractivity contribution < 1.29 is 19.5 Å². The molecule has 0 saturated heterocycles. The first-order valence-electron chi connectivity index (χ1n) is 11.6. The van der Waals surface area contributed by atoms with Crippen molar-refractivity contribution in [3.63, 3.8) is 0 Å². The number of nitriles is 1. The van der Waals surface area contributed by atoms with Crippen LogP contribution >= 0.6 is 0 Å². The summed E-state index contributed by atoms with van der Waals surface area (Å²) in [5, 5.41) is 24.2. The van der Waals surface area contributed by atoms with Gasteiger partial charge in [-0.25, -0.2) is 0 Å². The summed E-state index contributed by atoms with van der Waals surface area (Å²) in [5.41, 5.74) is 4.28. The molecule has 36 heavy (non-hydrogen) atoms. The lowest BCUT2D eigenvalue weighted by Crippen LogP contribution is -2.42. The maximum absolute atomic E-state index is 13.2. The van der Waals surface area contributed by atoms with E-state index >= 15 is 0 Å². The molecule has 0 fully saturated rings. The van der Waals surface area contributed by atoms with E-state index in [2.05, 4.69) is 16.7 Å². The van der Waals surface area contributed by atoms with Crippen LogP contribution in [0.5, 0.6) is 0 Å². The van der Waals surface area contributed by atoms with Gasteiger partial charge in [0.25, 0.3) is 5.91 Å². The molecule has 3 N–H and O–H groups in total. The number of hydrogen-bond acceptors (Lipinski definition) is 5. The van der Waals surface area contributed by atoms with Crippen molar-refractivity contribution in [2.45, 2.75) is 32.0 Å². The van der Waals surface area contributed by atoms with Crippen LogP contribution in [0.2, 0.25) is 0 Å². The fourth-order valence-electron chi connectivity index (χ4n) is 4.14. The Balaban J connectivity index is 1.50. The first-order chi connectivity index (χ1) is 17.4.